The van der Waals surface area contributed by atoms with Gasteiger partial charge in [-0.3, -0.25) is 4.90 Å². The SMILES string of the molecule is Fc1ccc(N2CC[C@H](NCCN3CCNCC3)C2)cc1. The molecule has 1 aromatic carbocycles. The number of rotatable bonds is 5. The van der Waals surface area contributed by atoms with E-state index in [9.17, 15) is 4.39 Å². The van der Waals surface area contributed by atoms with E-state index < -0.39 is 0 Å². The van der Waals surface area contributed by atoms with E-state index in [1.165, 1.54) is 6.42 Å². The van der Waals surface area contributed by atoms with Gasteiger partial charge in [-0.15, -0.1) is 0 Å². The van der Waals surface area contributed by atoms with Crippen molar-refractivity contribution in [3.63, 3.8) is 0 Å². The van der Waals surface area contributed by atoms with E-state index in [1.54, 1.807) is 12.1 Å². The second kappa shape index (κ2) is 7.20. The van der Waals surface area contributed by atoms with Crippen LogP contribution in [0.3, 0.4) is 0 Å². The fourth-order valence-corrected chi connectivity index (χ4v) is 3.17. The maximum atomic E-state index is 13.0. The first kappa shape index (κ1) is 14.8. The van der Waals surface area contributed by atoms with E-state index >= 15 is 0 Å². The second-order valence-corrected chi connectivity index (χ2v) is 5.95. The van der Waals surface area contributed by atoms with Crippen LogP contribution < -0.4 is 15.5 Å². The molecule has 2 fully saturated rings. The maximum Gasteiger partial charge on any atom is 0.123 e. The molecule has 3 rings (SSSR count). The average Bonchev–Trinajstić information content (AvgIpc) is 2.98. The summed E-state index contributed by atoms with van der Waals surface area (Å²) in [5.74, 6) is -0.163. The number of piperazine rings is 1. The Kier molecular flexibility index (Phi) is 5.06. The fraction of sp³-hybridized carbons (Fsp3) is 0.625. The minimum atomic E-state index is -0.163. The fourth-order valence-electron chi connectivity index (χ4n) is 3.17. The average molecular weight is 292 g/mol. The Hall–Kier alpha value is -1.17. The van der Waals surface area contributed by atoms with E-state index in [0.717, 1.165) is 58.0 Å². The number of hydrogen-bond donors (Lipinski definition) is 2. The van der Waals surface area contributed by atoms with Gasteiger partial charge in [-0.2, -0.15) is 0 Å². The zero-order valence-electron chi connectivity index (χ0n) is 12.5. The van der Waals surface area contributed by atoms with Gasteiger partial charge in [0.05, 0.1) is 0 Å². The lowest BCUT2D eigenvalue weighted by atomic mass is 10.2. The third-order valence-corrected chi connectivity index (χ3v) is 4.45. The van der Waals surface area contributed by atoms with Crippen molar-refractivity contribution < 1.29 is 4.39 Å². The molecule has 0 bridgehead atoms. The second-order valence-electron chi connectivity index (χ2n) is 5.95. The highest BCUT2D eigenvalue weighted by Crippen LogP contribution is 2.20. The summed E-state index contributed by atoms with van der Waals surface area (Å²) in [6.07, 6.45) is 1.17. The summed E-state index contributed by atoms with van der Waals surface area (Å²) in [5, 5.41) is 7.04. The van der Waals surface area contributed by atoms with Gasteiger partial charge in [-0.1, -0.05) is 0 Å². The first-order valence-corrected chi connectivity index (χ1v) is 7.98. The van der Waals surface area contributed by atoms with Crippen molar-refractivity contribution in [3.05, 3.63) is 30.1 Å². The predicted octanol–water partition coefficient (Wildman–Crippen LogP) is 0.899. The van der Waals surface area contributed by atoms with Crippen LogP contribution in [0.4, 0.5) is 10.1 Å². The van der Waals surface area contributed by atoms with E-state index in [-0.39, 0.29) is 5.82 Å². The van der Waals surface area contributed by atoms with Gasteiger partial charge in [0.15, 0.2) is 0 Å². The van der Waals surface area contributed by atoms with Crippen molar-refractivity contribution in [1.82, 2.24) is 15.5 Å². The van der Waals surface area contributed by atoms with Gasteiger partial charge < -0.3 is 15.5 Å². The molecule has 0 aromatic heterocycles. The molecule has 2 N–H and O–H groups in total. The predicted molar refractivity (Wildman–Crippen MR) is 84.3 cm³/mol. The first-order chi connectivity index (χ1) is 10.3. The summed E-state index contributed by atoms with van der Waals surface area (Å²) < 4.78 is 13.0. The summed E-state index contributed by atoms with van der Waals surface area (Å²) in [6.45, 7) is 8.81. The summed E-state index contributed by atoms with van der Waals surface area (Å²) in [4.78, 5) is 4.85. The van der Waals surface area contributed by atoms with Gasteiger partial charge in [-0.25, -0.2) is 4.39 Å². The minimum Gasteiger partial charge on any atom is -0.370 e. The van der Waals surface area contributed by atoms with Crippen LogP contribution in [0.25, 0.3) is 0 Å². The molecule has 0 unspecified atom stereocenters. The molecule has 0 radical (unpaired) electrons. The molecule has 0 spiro atoms. The minimum absolute atomic E-state index is 0.163. The van der Waals surface area contributed by atoms with Crippen LogP contribution in [0.5, 0.6) is 0 Å². The molecule has 1 aromatic rings. The largest absolute Gasteiger partial charge is 0.370 e. The number of nitrogens with zero attached hydrogens (tertiary/aromatic N) is 2. The molecule has 0 saturated carbocycles. The molecule has 116 valence electrons. The lowest BCUT2D eigenvalue weighted by Crippen LogP contribution is -2.46. The van der Waals surface area contributed by atoms with Crippen molar-refractivity contribution >= 4 is 5.69 Å². The number of hydrogen-bond acceptors (Lipinski definition) is 4. The smallest absolute Gasteiger partial charge is 0.123 e. The Morgan fingerprint density at radius 3 is 2.67 bits per heavy atom. The molecule has 2 aliphatic heterocycles. The first-order valence-electron chi connectivity index (χ1n) is 7.98. The Balaban J connectivity index is 1.39. The standard InChI is InChI=1S/C16H25FN4/c17-14-1-3-16(4-2-14)21-9-5-15(13-21)19-8-12-20-10-6-18-7-11-20/h1-4,15,18-19H,5-13H2/t15-/m0/s1. The van der Waals surface area contributed by atoms with Crippen molar-refractivity contribution in [2.75, 3.05) is 57.3 Å². The topological polar surface area (TPSA) is 30.5 Å². The van der Waals surface area contributed by atoms with Gasteiger partial charge in [-0.05, 0) is 30.7 Å². The molecule has 5 heteroatoms. The number of benzene rings is 1. The Morgan fingerprint density at radius 2 is 1.90 bits per heavy atom. The summed E-state index contributed by atoms with van der Waals surface area (Å²) in [5.41, 5.74) is 1.13. The molecule has 2 heterocycles. The lowest BCUT2D eigenvalue weighted by molar-refractivity contribution is 0.238. The Morgan fingerprint density at radius 1 is 1.14 bits per heavy atom. The zero-order valence-corrected chi connectivity index (χ0v) is 12.5. The normalized spacial score (nSPS) is 23.7. The van der Waals surface area contributed by atoms with E-state index in [2.05, 4.69) is 20.4 Å². The van der Waals surface area contributed by atoms with E-state index in [0.29, 0.717) is 6.04 Å². The number of anilines is 1. The van der Waals surface area contributed by atoms with Crippen LogP contribution in [-0.2, 0) is 0 Å². The third-order valence-electron chi connectivity index (χ3n) is 4.45. The third kappa shape index (κ3) is 4.15. The summed E-state index contributed by atoms with van der Waals surface area (Å²) in [7, 11) is 0. The van der Waals surface area contributed by atoms with Crippen LogP contribution in [0.1, 0.15) is 6.42 Å². The molecule has 21 heavy (non-hydrogen) atoms. The van der Waals surface area contributed by atoms with Gasteiger partial charge in [0.2, 0.25) is 0 Å². The Labute approximate surface area is 126 Å². The molecular weight excluding hydrogens is 267 g/mol. The Bertz CT molecular complexity index is 430. The monoisotopic (exact) mass is 292 g/mol. The van der Waals surface area contributed by atoms with E-state index in [4.69, 9.17) is 0 Å². The van der Waals surface area contributed by atoms with Gasteiger partial charge in [0.25, 0.3) is 0 Å². The highest BCUT2D eigenvalue weighted by Gasteiger charge is 2.22. The highest BCUT2D eigenvalue weighted by atomic mass is 19.1. The van der Waals surface area contributed by atoms with Crippen LogP contribution in [-0.4, -0.2) is 63.3 Å². The highest BCUT2D eigenvalue weighted by molar-refractivity contribution is 5.47. The summed E-state index contributed by atoms with van der Waals surface area (Å²) >= 11 is 0. The van der Waals surface area contributed by atoms with Crippen molar-refractivity contribution in [3.8, 4) is 0 Å². The lowest BCUT2D eigenvalue weighted by Gasteiger charge is -2.27. The van der Waals surface area contributed by atoms with Crippen LogP contribution in [0.15, 0.2) is 24.3 Å². The molecule has 0 aliphatic carbocycles. The van der Waals surface area contributed by atoms with Gasteiger partial charge in [0.1, 0.15) is 5.82 Å². The molecular formula is C16H25FN4. The zero-order chi connectivity index (χ0) is 14.5. The number of nitrogens with one attached hydrogen (secondary N) is 2. The molecule has 1 atom stereocenters. The molecule has 4 nitrogen and oxygen atoms in total. The molecule has 2 aliphatic rings. The van der Waals surface area contributed by atoms with Gasteiger partial charge >= 0.3 is 0 Å². The molecule has 0 amide bonds. The molecule has 2 saturated heterocycles. The van der Waals surface area contributed by atoms with E-state index in [1.807, 2.05) is 12.1 Å². The summed E-state index contributed by atoms with van der Waals surface area (Å²) in [6, 6.07) is 7.38. The maximum absolute atomic E-state index is 13.0. The van der Waals surface area contributed by atoms with Gasteiger partial charge in [0, 0.05) is 64.1 Å². The van der Waals surface area contributed by atoms with Crippen molar-refractivity contribution in [1.29, 1.82) is 0 Å². The van der Waals surface area contributed by atoms with Crippen LogP contribution in [0, 0.1) is 5.82 Å². The quantitative estimate of drug-likeness (QED) is 0.844. The van der Waals surface area contributed by atoms with Crippen molar-refractivity contribution in [2.24, 2.45) is 0 Å². The van der Waals surface area contributed by atoms with Crippen LogP contribution >= 0.6 is 0 Å². The van der Waals surface area contributed by atoms with Crippen LogP contribution in [0.2, 0.25) is 0 Å². The number of halogens is 1. The van der Waals surface area contributed by atoms with Crippen molar-refractivity contribution in [2.45, 2.75) is 12.5 Å².